The Labute approximate surface area is 195 Å². The Morgan fingerprint density at radius 3 is 2.42 bits per heavy atom. The summed E-state index contributed by atoms with van der Waals surface area (Å²) in [5, 5.41) is 10.9. The van der Waals surface area contributed by atoms with Gasteiger partial charge < -0.3 is 4.90 Å². The average Bonchev–Trinajstić information content (AvgIpc) is 3.14. The van der Waals surface area contributed by atoms with Gasteiger partial charge in [0.25, 0.3) is 5.69 Å². The summed E-state index contributed by atoms with van der Waals surface area (Å²) in [6.45, 7) is 11.6. The number of nitrogens with zero attached hydrogens (tertiary/aromatic N) is 3. The van der Waals surface area contributed by atoms with Crippen molar-refractivity contribution in [3.63, 3.8) is 0 Å². The molecule has 7 heteroatoms. The molecule has 3 rings (SSSR count). The number of carbonyl (C=O) groups is 1. The number of hydrogen-bond donors (Lipinski definition) is 0. The largest absolute Gasteiger partial charge is 0.342 e. The van der Waals surface area contributed by atoms with Crippen LogP contribution in [0.25, 0.3) is 0 Å². The van der Waals surface area contributed by atoms with Gasteiger partial charge in [-0.25, -0.2) is 4.39 Å². The van der Waals surface area contributed by atoms with Crippen LogP contribution in [0.4, 0.5) is 10.1 Å². The zero-order chi connectivity index (χ0) is 24.1. The normalized spacial score (nSPS) is 18.8. The number of rotatable bonds is 9. The van der Waals surface area contributed by atoms with Crippen LogP contribution in [0.2, 0.25) is 0 Å². The minimum absolute atomic E-state index is 0.0750. The van der Waals surface area contributed by atoms with Gasteiger partial charge in [-0.3, -0.25) is 19.8 Å². The van der Waals surface area contributed by atoms with Crippen LogP contribution < -0.4 is 0 Å². The summed E-state index contributed by atoms with van der Waals surface area (Å²) >= 11 is 0. The van der Waals surface area contributed by atoms with E-state index < -0.39 is 4.92 Å². The number of carbonyl (C=O) groups excluding carboxylic acids is 1. The lowest BCUT2D eigenvalue weighted by Crippen LogP contribution is -2.41. The lowest BCUT2D eigenvalue weighted by Gasteiger charge is -2.31. The van der Waals surface area contributed by atoms with Gasteiger partial charge >= 0.3 is 0 Å². The van der Waals surface area contributed by atoms with Crippen LogP contribution in [0.1, 0.15) is 44.7 Å². The fourth-order valence-electron chi connectivity index (χ4n) is 4.71. The van der Waals surface area contributed by atoms with Crippen molar-refractivity contribution in [2.45, 2.75) is 40.2 Å². The molecule has 0 aliphatic carbocycles. The van der Waals surface area contributed by atoms with Crippen molar-refractivity contribution < 1.29 is 14.1 Å². The molecule has 0 spiro atoms. The Bertz CT molecular complexity index is 962. The lowest BCUT2D eigenvalue weighted by atomic mass is 9.88. The van der Waals surface area contributed by atoms with Crippen molar-refractivity contribution in [3.8, 4) is 0 Å². The van der Waals surface area contributed by atoms with Crippen LogP contribution >= 0.6 is 0 Å². The van der Waals surface area contributed by atoms with Crippen molar-refractivity contribution >= 4 is 11.6 Å². The molecule has 2 aromatic carbocycles. The zero-order valence-corrected chi connectivity index (χ0v) is 19.9. The molecule has 1 aliphatic rings. The predicted octanol–water partition coefficient (Wildman–Crippen LogP) is 5.09. The van der Waals surface area contributed by atoms with Crippen LogP contribution in [0.15, 0.2) is 48.5 Å². The van der Waals surface area contributed by atoms with E-state index >= 15 is 0 Å². The van der Waals surface area contributed by atoms with Gasteiger partial charge in [0.2, 0.25) is 5.91 Å². The van der Waals surface area contributed by atoms with E-state index in [-0.39, 0.29) is 35.2 Å². The predicted molar refractivity (Wildman–Crippen MR) is 127 cm³/mol. The van der Waals surface area contributed by atoms with Crippen LogP contribution in [0.5, 0.6) is 0 Å². The highest BCUT2D eigenvalue weighted by atomic mass is 19.1. The number of nitro benzene ring substituents is 1. The fraction of sp³-hybridized carbons (Fsp3) is 0.500. The van der Waals surface area contributed by atoms with Gasteiger partial charge in [0.05, 0.1) is 4.92 Å². The second-order valence-corrected chi connectivity index (χ2v) is 9.83. The summed E-state index contributed by atoms with van der Waals surface area (Å²) < 4.78 is 14.0. The van der Waals surface area contributed by atoms with Crippen LogP contribution in [-0.4, -0.2) is 46.8 Å². The highest BCUT2D eigenvalue weighted by Gasteiger charge is 2.36. The first kappa shape index (κ1) is 24.8. The standard InChI is InChI=1S/C26H34FN3O3/c1-18(2)13-29(26(31)19(3)4)16-22-15-28(14-20-8-10-24(11-9-20)30(32)33)17-25(22)21-6-5-7-23(27)12-21/h5-12,18-19,22,25H,13-17H2,1-4H3/t22-,25+/m0/s1. The maximum Gasteiger partial charge on any atom is 0.269 e. The van der Waals surface area contributed by atoms with Gasteiger partial charge in [-0.15, -0.1) is 0 Å². The molecule has 1 heterocycles. The number of halogens is 1. The highest BCUT2D eigenvalue weighted by Crippen LogP contribution is 2.35. The molecule has 6 nitrogen and oxygen atoms in total. The van der Waals surface area contributed by atoms with Crippen molar-refractivity contribution in [1.82, 2.24) is 9.80 Å². The molecule has 1 amide bonds. The molecule has 0 radical (unpaired) electrons. The molecule has 0 aromatic heterocycles. The highest BCUT2D eigenvalue weighted by molar-refractivity contribution is 5.78. The van der Waals surface area contributed by atoms with E-state index in [9.17, 15) is 19.3 Å². The summed E-state index contributed by atoms with van der Waals surface area (Å²) in [4.78, 5) is 27.7. The Balaban J connectivity index is 1.82. The van der Waals surface area contributed by atoms with Crippen LogP contribution in [0, 0.1) is 33.7 Å². The SMILES string of the molecule is CC(C)CN(C[C@@H]1CN(Cc2ccc([N+](=O)[O-])cc2)C[C@@H]1c1cccc(F)c1)C(=O)C(C)C. The molecule has 0 N–H and O–H groups in total. The van der Waals surface area contributed by atoms with Crippen LogP contribution in [-0.2, 0) is 11.3 Å². The maximum absolute atomic E-state index is 14.0. The zero-order valence-electron chi connectivity index (χ0n) is 19.9. The second kappa shape index (κ2) is 10.9. The van der Waals surface area contributed by atoms with E-state index in [0.29, 0.717) is 25.6 Å². The number of likely N-dealkylation sites (tertiary alicyclic amines) is 1. The first-order chi connectivity index (χ1) is 15.6. The van der Waals surface area contributed by atoms with Crippen molar-refractivity contribution in [3.05, 3.63) is 75.6 Å². The molecule has 33 heavy (non-hydrogen) atoms. The van der Waals surface area contributed by atoms with Gasteiger partial charge in [-0.1, -0.05) is 52.0 Å². The van der Waals surface area contributed by atoms with Crippen LogP contribution in [0.3, 0.4) is 0 Å². The van der Waals surface area contributed by atoms with Crippen molar-refractivity contribution in [2.75, 3.05) is 26.2 Å². The number of non-ortho nitro benzene ring substituents is 1. The fourth-order valence-corrected chi connectivity index (χ4v) is 4.71. The molecule has 0 bridgehead atoms. The van der Waals surface area contributed by atoms with E-state index in [1.165, 1.54) is 18.2 Å². The topological polar surface area (TPSA) is 66.7 Å². The molecule has 1 saturated heterocycles. The Morgan fingerprint density at radius 1 is 1.15 bits per heavy atom. The molecule has 1 aliphatic heterocycles. The summed E-state index contributed by atoms with van der Waals surface area (Å²) in [6, 6.07) is 13.4. The minimum Gasteiger partial charge on any atom is -0.342 e. The van der Waals surface area contributed by atoms with Gasteiger partial charge in [-0.2, -0.15) is 0 Å². The Morgan fingerprint density at radius 2 is 1.85 bits per heavy atom. The number of hydrogen-bond acceptors (Lipinski definition) is 4. The molecule has 178 valence electrons. The minimum atomic E-state index is -0.398. The number of benzene rings is 2. The molecular weight excluding hydrogens is 421 g/mol. The molecule has 1 fully saturated rings. The van der Waals surface area contributed by atoms with Gasteiger partial charge in [-0.05, 0) is 35.1 Å². The third-order valence-corrected chi connectivity index (χ3v) is 6.19. The molecule has 2 atom stereocenters. The summed E-state index contributed by atoms with van der Waals surface area (Å²) in [5.74, 6) is 0.458. The Kier molecular flexibility index (Phi) is 8.19. The smallest absolute Gasteiger partial charge is 0.269 e. The third kappa shape index (κ3) is 6.60. The van der Waals surface area contributed by atoms with Crippen molar-refractivity contribution in [2.24, 2.45) is 17.8 Å². The van der Waals surface area contributed by atoms with E-state index in [0.717, 1.165) is 24.2 Å². The van der Waals surface area contributed by atoms with E-state index in [1.54, 1.807) is 24.3 Å². The maximum atomic E-state index is 14.0. The number of amides is 1. The molecule has 0 unspecified atom stereocenters. The monoisotopic (exact) mass is 455 g/mol. The Hall–Kier alpha value is -2.80. The molecular formula is C26H34FN3O3. The van der Waals surface area contributed by atoms with E-state index in [2.05, 4.69) is 18.7 Å². The first-order valence-electron chi connectivity index (χ1n) is 11.6. The summed E-state index contributed by atoms with van der Waals surface area (Å²) in [6.07, 6.45) is 0. The van der Waals surface area contributed by atoms with E-state index in [4.69, 9.17) is 0 Å². The summed E-state index contributed by atoms with van der Waals surface area (Å²) in [7, 11) is 0. The third-order valence-electron chi connectivity index (χ3n) is 6.19. The molecule has 2 aromatic rings. The average molecular weight is 456 g/mol. The quantitative estimate of drug-likeness (QED) is 0.390. The lowest BCUT2D eigenvalue weighted by molar-refractivity contribution is -0.384. The van der Waals surface area contributed by atoms with Gasteiger partial charge in [0.1, 0.15) is 5.82 Å². The van der Waals surface area contributed by atoms with Gasteiger partial charge in [0, 0.05) is 56.7 Å². The van der Waals surface area contributed by atoms with E-state index in [1.807, 2.05) is 24.8 Å². The summed E-state index contributed by atoms with van der Waals surface area (Å²) in [5.41, 5.74) is 2.02. The molecule has 0 saturated carbocycles. The van der Waals surface area contributed by atoms with Crippen molar-refractivity contribution in [1.29, 1.82) is 0 Å². The number of nitro groups is 1. The van der Waals surface area contributed by atoms with Gasteiger partial charge in [0.15, 0.2) is 0 Å². The first-order valence-corrected chi connectivity index (χ1v) is 11.6. The second-order valence-electron chi connectivity index (χ2n) is 9.83.